The number of nitrogens with zero attached hydrogens (tertiary/aromatic N) is 4. The quantitative estimate of drug-likeness (QED) is 0.661. The van der Waals surface area contributed by atoms with Crippen LogP contribution in [-0.4, -0.2) is 40.7 Å². The second-order valence-corrected chi connectivity index (χ2v) is 8.74. The molecule has 5 heterocycles. The normalized spacial score (nSPS) is 20.5. The van der Waals surface area contributed by atoms with Crippen molar-refractivity contribution in [1.82, 2.24) is 19.9 Å². The lowest BCUT2D eigenvalue weighted by Gasteiger charge is -2.23. The first kappa shape index (κ1) is 20.0. The van der Waals surface area contributed by atoms with Crippen LogP contribution in [0.5, 0.6) is 5.75 Å². The minimum Gasteiger partial charge on any atom is -0.487 e. The number of hydrogen-bond acceptors (Lipinski definition) is 6. The molecule has 1 spiro atoms. The zero-order valence-electron chi connectivity index (χ0n) is 17.1. The maximum Gasteiger partial charge on any atom is 0.258 e. The van der Waals surface area contributed by atoms with Gasteiger partial charge in [-0.2, -0.15) is 0 Å². The molecular formula is C23H24ClN5O2. The van der Waals surface area contributed by atoms with Crippen LogP contribution in [0.1, 0.15) is 18.5 Å². The molecular weight excluding hydrogens is 414 g/mol. The topological polar surface area (TPSA) is 72.3 Å². The van der Waals surface area contributed by atoms with Gasteiger partial charge in [-0.1, -0.05) is 11.6 Å². The van der Waals surface area contributed by atoms with E-state index in [1.54, 1.807) is 41.4 Å². The van der Waals surface area contributed by atoms with Gasteiger partial charge in [0, 0.05) is 43.5 Å². The van der Waals surface area contributed by atoms with Crippen molar-refractivity contribution in [3.63, 3.8) is 0 Å². The highest BCUT2D eigenvalue weighted by atomic mass is 35.5. The van der Waals surface area contributed by atoms with E-state index in [2.05, 4.69) is 20.2 Å². The lowest BCUT2D eigenvalue weighted by atomic mass is 9.87. The van der Waals surface area contributed by atoms with Crippen LogP contribution < -0.4 is 20.5 Å². The molecule has 0 bridgehead atoms. The minimum absolute atomic E-state index is 0.173. The molecule has 8 heteroatoms. The van der Waals surface area contributed by atoms with Gasteiger partial charge in [0.25, 0.3) is 5.56 Å². The fourth-order valence-electron chi connectivity index (χ4n) is 4.40. The number of anilines is 1. The molecule has 0 amide bonds. The van der Waals surface area contributed by atoms with Crippen LogP contribution in [0, 0.1) is 5.41 Å². The van der Waals surface area contributed by atoms with Crippen molar-refractivity contribution in [2.24, 2.45) is 5.41 Å². The summed E-state index contributed by atoms with van der Waals surface area (Å²) in [5.74, 6) is 1.46. The first-order chi connectivity index (χ1) is 15.1. The summed E-state index contributed by atoms with van der Waals surface area (Å²) in [7, 11) is 0. The molecule has 1 N–H and O–H groups in total. The number of hydrogen-bond donors (Lipinski definition) is 1. The highest BCUT2D eigenvalue weighted by Gasteiger charge is 2.40. The number of pyridine rings is 3. The van der Waals surface area contributed by atoms with Crippen LogP contribution in [0.2, 0.25) is 5.02 Å². The Morgan fingerprint density at radius 2 is 2.06 bits per heavy atom. The highest BCUT2D eigenvalue weighted by Crippen LogP contribution is 2.37. The number of ether oxygens (including phenoxy) is 1. The van der Waals surface area contributed by atoms with E-state index < -0.39 is 0 Å². The summed E-state index contributed by atoms with van der Waals surface area (Å²) in [6, 6.07) is 10.7. The Labute approximate surface area is 185 Å². The number of rotatable bonds is 5. The van der Waals surface area contributed by atoms with E-state index in [-0.39, 0.29) is 12.2 Å². The molecule has 2 aliphatic rings. The van der Waals surface area contributed by atoms with E-state index in [0.717, 1.165) is 43.4 Å². The van der Waals surface area contributed by atoms with E-state index in [4.69, 9.17) is 16.3 Å². The Morgan fingerprint density at radius 3 is 2.77 bits per heavy atom. The van der Waals surface area contributed by atoms with Gasteiger partial charge in [0.15, 0.2) is 0 Å². The fourth-order valence-corrected chi connectivity index (χ4v) is 4.51. The zero-order chi connectivity index (χ0) is 21.3. The van der Waals surface area contributed by atoms with Gasteiger partial charge in [-0.05, 0) is 49.7 Å². The van der Waals surface area contributed by atoms with Gasteiger partial charge in [-0.3, -0.25) is 14.3 Å². The van der Waals surface area contributed by atoms with E-state index >= 15 is 0 Å². The number of nitrogens with one attached hydrogen (secondary N) is 1. The third-order valence-electron chi connectivity index (χ3n) is 6.17. The molecule has 3 aromatic heterocycles. The summed E-state index contributed by atoms with van der Waals surface area (Å²) in [5, 5.41) is 4.06. The minimum atomic E-state index is -0.173. The Morgan fingerprint density at radius 1 is 1.13 bits per heavy atom. The van der Waals surface area contributed by atoms with Gasteiger partial charge in [0.1, 0.15) is 18.2 Å². The van der Waals surface area contributed by atoms with Crippen molar-refractivity contribution in [3.8, 4) is 11.4 Å². The Kier molecular flexibility index (Phi) is 5.38. The van der Waals surface area contributed by atoms with Crippen LogP contribution in [-0.2, 0) is 6.61 Å². The van der Waals surface area contributed by atoms with Gasteiger partial charge >= 0.3 is 0 Å². The van der Waals surface area contributed by atoms with Crippen molar-refractivity contribution in [3.05, 3.63) is 76.1 Å². The molecule has 7 nitrogen and oxygen atoms in total. The van der Waals surface area contributed by atoms with Gasteiger partial charge in [0.05, 0.1) is 22.6 Å². The summed E-state index contributed by atoms with van der Waals surface area (Å²) in [4.78, 5) is 23.8. The van der Waals surface area contributed by atoms with Crippen LogP contribution in [0.4, 0.5) is 5.82 Å². The average Bonchev–Trinajstić information content (AvgIpc) is 3.43. The second kappa shape index (κ2) is 8.32. The van der Waals surface area contributed by atoms with E-state index in [9.17, 15) is 4.79 Å². The Bertz CT molecular complexity index is 1110. The molecule has 0 aliphatic carbocycles. The van der Waals surface area contributed by atoms with Gasteiger partial charge in [0.2, 0.25) is 0 Å². The van der Waals surface area contributed by atoms with Crippen molar-refractivity contribution < 1.29 is 4.74 Å². The third kappa shape index (κ3) is 4.29. The maximum atomic E-state index is 12.6. The zero-order valence-corrected chi connectivity index (χ0v) is 17.9. The molecule has 1 atom stereocenters. The van der Waals surface area contributed by atoms with Crippen molar-refractivity contribution in [2.75, 3.05) is 31.1 Å². The van der Waals surface area contributed by atoms with Crippen molar-refractivity contribution in [2.45, 2.75) is 19.4 Å². The molecule has 160 valence electrons. The standard InChI is InChI=1S/C23H24ClN5O2/c24-17-1-2-18(26-12-17)14-31-20-5-9-29(22(30)11-20)19-3-4-21(27-13-19)28-10-7-23(16-28)6-8-25-15-23/h1-5,9,11-13,25H,6-8,10,14-16H2. The molecule has 2 saturated heterocycles. The average molecular weight is 438 g/mol. The predicted octanol–water partition coefficient (Wildman–Crippen LogP) is 3.05. The monoisotopic (exact) mass is 437 g/mol. The maximum absolute atomic E-state index is 12.6. The molecule has 0 radical (unpaired) electrons. The SMILES string of the molecule is O=c1cc(OCc2ccc(Cl)cn2)ccn1-c1ccc(N2CCC3(CCNC3)C2)nc1. The number of aromatic nitrogens is 3. The lowest BCUT2D eigenvalue weighted by molar-refractivity contribution is 0.300. The predicted molar refractivity (Wildman–Crippen MR) is 120 cm³/mol. The second-order valence-electron chi connectivity index (χ2n) is 8.30. The van der Waals surface area contributed by atoms with Crippen LogP contribution in [0.3, 0.4) is 0 Å². The molecule has 31 heavy (non-hydrogen) atoms. The Hall–Kier alpha value is -2.90. The summed E-state index contributed by atoms with van der Waals surface area (Å²) in [6.45, 7) is 4.55. The lowest BCUT2D eigenvalue weighted by Crippen LogP contribution is -2.29. The van der Waals surface area contributed by atoms with Crippen LogP contribution in [0.25, 0.3) is 5.69 Å². The fraction of sp³-hybridized carbons (Fsp3) is 0.348. The summed E-state index contributed by atoms with van der Waals surface area (Å²) < 4.78 is 7.26. The molecule has 1 unspecified atom stereocenters. The Balaban J connectivity index is 1.26. The smallest absolute Gasteiger partial charge is 0.258 e. The molecule has 2 fully saturated rings. The van der Waals surface area contributed by atoms with E-state index in [1.165, 1.54) is 18.9 Å². The first-order valence-corrected chi connectivity index (χ1v) is 10.9. The molecule has 5 rings (SSSR count). The summed E-state index contributed by atoms with van der Waals surface area (Å²) in [6.07, 6.45) is 7.47. The van der Waals surface area contributed by atoms with Crippen LogP contribution in [0.15, 0.2) is 59.8 Å². The van der Waals surface area contributed by atoms with Gasteiger partial charge < -0.3 is 15.0 Å². The molecule has 0 saturated carbocycles. The highest BCUT2D eigenvalue weighted by molar-refractivity contribution is 6.30. The number of halogens is 1. The van der Waals surface area contributed by atoms with E-state index in [0.29, 0.717) is 16.2 Å². The van der Waals surface area contributed by atoms with Crippen LogP contribution >= 0.6 is 11.6 Å². The molecule has 2 aliphatic heterocycles. The largest absolute Gasteiger partial charge is 0.487 e. The first-order valence-electron chi connectivity index (χ1n) is 10.5. The molecule has 0 aromatic carbocycles. The third-order valence-corrected chi connectivity index (χ3v) is 6.39. The molecule has 3 aromatic rings. The van der Waals surface area contributed by atoms with E-state index in [1.807, 2.05) is 12.1 Å². The van der Waals surface area contributed by atoms with Gasteiger partial charge in [-0.15, -0.1) is 0 Å². The van der Waals surface area contributed by atoms with Crippen molar-refractivity contribution in [1.29, 1.82) is 0 Å². The van der Waals surface area contributed by atoms with Crippen molar-refractivity contribution >= 4 is 17.4 Å². The summed E-state index contributed by atoms with van der Waals surface area (Å²) >= 11 is 5.84. The summed E-state index contributed by atoms with van der Waals surface area (Å²) in [5.41, 5.74) is 1.70. The van der Waals surface area contributed by atoms with Gasteiger partial charge in [-0.25, -0.2) is 4.98 Å².